The first-order valence-electron chi connectivity index (χ1n) is 6.38. The molecule has 0 aliphatic rings. The van der Waals surface area contributed by atoms with Gasteiger partial charge in [0.05, 0.1) is 12.2 Å². The third-order valence-electron chi connectivity index (χ3n) is 3.03. The van der Waals surface area contributed by atoms with Crippen LogP contribution in [0.1, 0.15) is 15.9 Å². The van der Waals surface area contributed by atoms with Crippen LogP contribution in [0.25, 0.3) is 0 Å². The summed E-state index contributed by atoms with van der Waals surface area (Å²) < 4.78 is 0.791. The summed E-state index contributed by atoms with van der Waals surface area (Å²) in [6.07, 6.45) is 1.99. The van der Waals surface area contributed by atoms with Crippen molar-refractivity contribution in [2.24, 2.45) is 0 Å². The molecule has 4 heteroatoms. The van der Waals surface area contributed by atoms with Gasteiger partial charge in [0, 0.05) is 10.0 Å². The third kappa shape index (κ3) is 3.67. The number of anilines is 1. The van der Waals surface area contributed by atoms with E-state index in [1.165, 1.54) is 6.08 Å². The van der Waals surface area contributed by atoms with Crippen molar-refractivity contribution in [3.05, 3.63) is 76.8 Å². The lowest BCUT2D eigenvalue weighted by Crippen LogP contribution is -2.29. The van der Waals surface area contributed by atoms with E-state index in [1.807, 2.05) is 30.3 Å². The number of hydrogen-bond acceptors (Lipinski definition) is 2. The fourth-order valence-corrected chi connectivity index (χ4v) is 2.40. The molecule has 0 atom stereocenters. The van der Waals surface area contributed by atoms with E-state index >= 15 is 0 Å². The minimum atomic E-state index is -0.246. The Morgan fingerprint density at radius 2 is 1.90 bits per heavy atom. The Balaban J connectivity index is 2.43. The van der Waals surface area contributed by atoms with Gasteiger partial charge in [0.25, 0.3) is 5.91 Å². The molecular formula is C17H14BrNO2. The zero-order valence-electron chi connectivity index (χ0n) is 11.3. The molecular weight excluding hydrogens is 330 g/mol. The largest absolute Gasteiger partial charge is 0.304 e. The van der Waals surface area contributed by atoms with Crippen LogP contribution in [0.4, 0.5) is 5.69 Å². The number of amides is 1. The van der Waals surface area contributed by atoms with Gasteiger partial charge in [0.1, 0.15) is 0 Å². The maximum atomic E-state index is 12.2. The van der Waals surface area contributed by atoms with Crippen molar-refractivity contribution in [3.63, 3.8) is 0 Å². The molecule has 0 saturated carbocycles. The average Bonchev–Trinajstić information content (AvgIpc) is 2.53. The van der Waals surface area contributed by atoms with Crippen LogP contribution < -0.4 is 4.90 Å². The second-order valence-corrected chi connectivity index (χ2v) is 5.35. The highest BCUT2D eigenvalue weighted by Crippen LogP contribution is 2.25. The number of nitrogens with zero attached hydrogens (tertiary/aromatic N) is 1. The Morgan fingerprint density at radius 1 is 1.19 bits per heavy atom. The standard InChI is InChI=1S/C17H14BrNO2/c1-2-17(21)19(11-13-6-4-3-5-7-13)16-9-8-15(18)10-14(16)12-20/h2-10,12H,1,11H2. The van der Waals surface area contributed by atoms with E-state index in [1.54, 1.807) is 23.1 Å². The molecule has 3 nitrogen and oxygen atoms in total. The van der Waals surface area contributed by atoms with Crippen LogP contribution in [0, 0.1) is 0 Å². The van der Waals surface area contributed by atoms with E-state index in [0.29, 0.717) is 17.8 Å². The Labute approximate surface area is 132 Å². The van der Waals surface area contributed by atoms with E-state index in [2.05, 4.69) is 22.5 Å². The number of hydrogen-bond donors (Lipinski definition) is 0. The van der Waals surface area contributed by atoms with Gasteiger partial charge in [-0.15, -0.1) is 0 Å². The summed E-state index contributed by atoms with van der Waals surface area (Å²) in [5.41, 5.74) is 2.00. The van der Waals surface area contributed by atoms with Crippen molar-refractivity contribution >= 4 is 33.8 Å². The maximum Gasteiger partial charge on any atom is 0.250 e. The second-order valence-electron chi connectivity index (χ2n) is 4.44. The SMILES string of the molecule is C=CC(=O)N(Cc1ccccc1)c1ccc(Br)cc1C=O. The second kappa shape index (κ2) is 6.99. The average molecular weight is 344 g/mol. The number of benzene rings is 2. The predicted molar refractivity (Wildman–Crippen MR) is 87.4 cm³/mol. The van der Waals surface area contributed by atoms with Crippen molar-refractivity contribution in [2.45, 2.75) is 6.54 Å². The molecule has 0 saturated heterocycles. The molecule has 0 aliphatic carbocycles. The van der Waals surface area contributed by atoms with Gasteiger partial charge in [-0.2, -0.15) is 0 Å². The monoisotopic (exact) mass is 343 g/mol. The molecule has 0 aromatic heterocycles. The molecule has 0 N–H and O–H groups in total. The van der Waals surface area contributed by atoms with Gasteiger partial charge in [-0.1, -0.05) is 52.8 Å². The lowest BCUT2D eigenvalue weighted by atomic mass is 10.1. The maximum absolute atomic E-state index is 12.2. The molecule has 1 amide bonds. The van der Waals surface area contributed by atoms with Gasteiger partial charge in [0.2, 0.25) is 0 Å². The quantitative estimate of drug-likeness (QED) is 0.608. The molecule has 0 heterocycles. The number of rotatable bonds is 5. The highest BCUT2D eigenvalue weighted by atomic mass is 79.9. The molecule has 0 spiro atoms. The molecule has 0 radical (unpaired) electrons. The fourth-order valence-electron chi connectivity index (χ4n) is 2.02. The first-order chi connectivity index (χ1) is 10.2. The number of carbonyl (C=O) groups excluding carboxylic acids is 2. The summed E-state index contributed by atoms with van der Waals surface area (Å²) in [6, 6.07) is 14.8. The summed E-state index contributed by atoms with van der Waals surface area (Å²) in [4.78, 5) is 25.0. The summed E-state index contributed by atoms with van der Waals surface area (Å²) >= 11 is 3.32. The first kappa shape index (κ1) is 15.2. The van der Waals surface area contributed by atoms with Crippen LogP contribution in [0.2, 0.25) is 0 Å². The van der Waals surface area contributed by atoms with Gasteiger partial charge in [-0.25, -0.2) is 0 Å². The van der Waals surface area contributed by atoms with Gasteiger partial charge >= 0.3 is 0 Å². The van der Waals surface area contributed by atoms with Crippen molar-refractivity contribution in [3.8, 4) is 0 Å². The minimum absolute atomic E-state index is 0.246. The van der Waals surface area contributed by atoms with Crippen LogP contribution in [-0.4, -0.2) is 12.2 Å². The highest BCUT2D eigenvalue weighted by molar-refractivity contribution is 9.10. The molecule has 0 aliphatic heterocycles. The van der Waals surface area contributed by atoms with Crippen LogP contribution in [-0.2, 0) is 11.3 Å². The van der Waals surface area contributed by atoms with Crippen molar-refractivity contribution in [1.29, 1.82) is 0 Å². The number of aldehydes is 1. The van der Waals surface area contributed by atoms with Crippen LogP contribution in [0.5, 0.6) is 0 Å². The highest BCUT2D eigenvalue weighted by Gasteiger charge is 2.17. The fraction of sp³-hybridized carbons (Fsp3) is 0.0588. The Kier molecular flexibility index (Phi) is 5.06. The molecule has 106 valence electrons. The third-order valence-corrected chi connectivity index (χ3v) is 3.52. The van der Waals surface area contributed by atoms with Crippen molar-refractivity contribution in [1.82, 2.24) is 0 Å². The molecule has 0 bridgehead atoms. The van der Waals surface area contributed by atoms with E-state index in [4.69, 9.17) is 0 Å². The predicted octanol–water partition coefficient (Wildman–Crippen LogP) is 3.98. The smallest absolute Gasteiger partial charge is 0.250 e. The zero-order valence-corrected chi connectivity index (χ0v) is 12.9. The van der Waals surface area contributed by atoms with Gasteiger partial charge < -0.3 is 4.90 Å². The lowest BCUT2D eigenvalue weighted by Gasteiger charge is -2.23. The normalized spacial score (nSPS) is 9.95. The Hall–Kier alpha value is -2.20. The molecule has 0 fully saturated rings. The van der Waals surface area contributed by atoms with Crippen LogP contribution in [0.15, 0.2) is 65.7 Å². The zero-order chi connectivity index (χ0) is 15.2. The molecule has 21 heavy (non-hydrogen) atoms. The summed E-state index contributed by atoms with van der Waals surface area (Å²) in [5, 5.41) is 0. The van der Waals surface area contributed by atoms with Gasteiger partial charge in [-0.05, 0) is 29.8 Å². The summed E-state index contributed by atoms with van der Waals surface area (Å²) in [7, 11) is 0. The van der Waals surface area contributed by atoms with Crippen LogP contribution in [0.3, 0.4) is 0 Å². The Morgan fingerprint density at radius 3 is 2.52 bits per heavy atom. The lowest BCUT2D eigenvalue weighted by molar-refractivity contribution is -0.114. The van der Waals surface area contributed by atoms with Gasteiger partial charge in [-0.3, -0.25) is 9.59 Å². The van der Waals surface area contributed by atoms with Crippen LogP contribution >= 0.6 is 15.9 Å². The van der Waals surface area contributed by atoms with E-state index in [9.17, 15) is 9.59 Å². The summed E-state index contributed by atoms with van der Waals surface area (Å²) in [6.45, 7) is 3.92. The van der Waals surface area contributed by atoms with E-state index in [-0.39, 0.29) is 5.91 Å². The van der Waals surface area contributed by atoms with E-state index < -0.39 is 0 Å². The molecule has 2 aromatic rings. The molecule has 0 unspecified atom stereocenters. The first-order valence-corrected chi connectivity index (χ1v) is 7.17. The summed E-state index contributed by atoms with van der Waals surface area (Å²) in [5.74, 6) is -0.246. The molecule has 2 aromatic carbocycles. The number of halogens is 1. The Bertz CT molecular complexity index is 668. The topological polar surface area (TPSA) is 37.4 Å². The van der Waals surface area contributed by atoms with Gasteiger partial charge in [0.15, 0.2) is 6.29 Å². The van der Waals surface area contributed by atoms with Crippen molar-refractivity contribution < 1.29 is 9.59 Å². The minimum Gasteiger partial charge on any atom is -0.304 e. The van der Waals surface area contributed by atoms with Crippen molar-refractivity contribution in [2.75, 3.05) is 4.90 Å². The molecule has 2 rings (SSSR count). The number of carbonyl (C=O) groups is 2. The van der Waals surface area contributed by atoms with E-state index in [0.717, 1.165) is 16.3 Å².